The molecule has 0 saturated carbocycles. The summed E-state index contributed by atoms with van der Waals surface area (Å²) in [6.07, 6.45) is 2.88. The zero-order valence-corrected chi connectivity index (χ0v) is 16.4. The number of carbonyl (C=O) groups excluding carboxylic acids is 1. The van der Waals surface area contributed by atoms with Gasteiger partial charge in [-0.1, -0.05) is 48.5 Å². The molecule has 146 valence electrons. The van der Waals surface area contributed by atoms with Gasteiger partial charge in [-0.3, -0.25) is 4.90 Å². The molecule has 2 amide bonds. The highest BCUT2D eigenvalue weighted by Crippen LogP contribution is 2.21. The topological polar surface area (TPSA) is 51.4 Å². The maximum atomic E-state index is 12.5. The molecule has 1 atom stereocenters. The van der Waals surface area contributed by atoms with Crippen LogP contribution in [0.15, 0.2) is 60.8 Å². The second kappa shape index (κ2) is 8.48. The fraction of sp³-hybridized carbons (Fsp3) is 0.348. The van der Waals surface area contributed by atoms with Crippen LogP contribution >= 0.6 is 0 Å². The molecule has 1 saturated heterocycles. The van der Waals surface area contributed by atoms with Crippen molar-refractivity contribution in [2.75, 3.05) is 32.7 Å². The number of urea groups is 1. The number of hydrogen-bond acceptors (Lipinski definition) is 2. The fourth-order valence-electron chi connectivity index (χ4n) is 4.01. The summed E-state index contributed by atoms with van der Waals surface area (Å²) in [5.41, 5.74) is 3.73. The average Bonchev–Trinajstić information content (AvgIpc) is 3.17. The van der Waals surface area contributed by atoms with Crippen molar-refractivity contribution in [3.05, 3.63) is 71.9 Å². The van der Waals surface area contributed by atoms with Crippen LogP contribution in [0.25, 0.3) is 10.9 Å². The summed E-state index contributed by atoms with van der Waals surface area (Å²) in [5, 5.41) is 4.32. The molecule has 0 spiro atoms. The van der Waals surface area contributed by atoms with Gasteiger partial charge in [-0.25, -0.2) is 4.79 Å². The third kappa shape index (κ3) is 4.04. The molecule has 1 aliphatic heterocycles. The number of benzene rings is 2. The van der Waals surface area contributed by atoms with Gasteiger partial charge < -0.3 is 15.2 Å². The first-order valence-electron chi connectivity index (χ1n) is 10.1. The van der Waals surface area contributed by atoms with Crippen LogP contribution < -0.4 is 5.32 Å². The summed E-state index contributed by atoms with van der Waals surface area (Å²) in [6, 6.07) is 19.3. The van der Waals surface area contributed by atoms with Crippen LogP contribution in [0.5, 0.6) is 0 Å². The minimum atomic E-state index is 0.0480. The van der Waals surface area contributed by atoms with Crippen molar-refractivity contribution in [3.63, 3.8) is 0 Å². The van der Waals surface area contributed by atoms with Crippen LogP contribution in [0, 0.1) is 0 Å². The van der Waals surface area contributed by atoms with E-state index in [1.165, 1.54) is 16.5 Å². The summed E-state index contributed by atoms with van der Waals surface area (Å²) < 4.78 is 0. The maximum absolute atomic E-state index is 12.5. The predicted molar refractivity (Wildman–Crippen MR) is 113 cm³/mol. The standard InChI is InChI=1S/C23H28N4O/c1-18(19-7-3-2-4-8-19)26-13-15-27(16-14-26)23(28)24-12-11-20-17-25-22-10-6-5-9-21(20)22/h2-10,17-18,25H,11-16H2,1H3,(H,24,28). The number of aromatic nitrogens is 1. The number of hydrogen-bond donors (Lipinski definition) is 2. The number of carbonyl (C=O) groups is 1. The Morgan fingerprint density at radius 3 is 2.54 bits per heavy atom. The van der Waals surface area contributed by atoms with Crippen LogP contribution in [-0.4, -0.2) is 53.5 Å². The Morgan fingerprint density at radius 2 is 1.75 bits per heavy atom. The van der Waals surface area contributed by atoms with E-state index in [1.807, 2.05) is 23.2 Å². The molecule has 0 aliphatic carbocycles. The van der Waals surface area contributed by atoms with Gasteiger partial charge in [-0.2, -0.15) is 0 Å². The molecule has 1 fully saturated rings. The molecule has 28 heavy (non-hydrogen) atoms. The molecular formula is C23H28N4O. The van der Waals surface area contributed by atoms with Crippen LogP contribution in [0.2, 0.25) is 0 Å². The molecule has 1 unspecified atom stereocenters. The quantitative estimate of drug-likeness (QED) is 0.712. The van der Waals surface area contributed by atoms with E-state index in [-0.39, 0.29) is 6.03 Å². The van der Waals surface area contributed by atoms with Gasteiger partial charge in [0.15, 0.2) is 0 Å². The Labute approximate surface area is 166 Å². The smallest absolute Gasteiger partial charge is 0.317 e. The molecule has 2 N–H and O–H groups in total. The molecule has 0 radical (unpaired) electrons. The van der Waals surface area contributed by atoms with Crippen LogP contribution in [-0.2, 0) is 6.42 Å². The normalized spacial score (nSPS) is 16.2. The van der Waals surface area contributed by atoms with Gasteiger partial charge in [0.05, 0.1) is 0 Å². The summed E-state index contributed by atoms with van der Waals surface area (Å²) in [4.78, 5) is 20.2. The highest BCUT2D eigenvalue weighted by atomic mass is 16.2. The van der Waals surface area contributed by atoms with Crippen molar-refractivity contribution < 1.29 is 4.79 Å². The summed E-state index contributed by atoms with van der Waals surface area (Å²) in [6.45, 7) is 6.26. The lowest BCUT2D eigenvalue weighted by atomic mass is 10.1. The van der Waals surface area contributed by atoms with Crippen molar-refractivity contribution in [2.45, 2.75) is 19.4 Å². The lowest BCUT2D eigenvalue weighted by Gasteiger charge is -2.38. The molecule has 5 nitrogen and oxygen atoms in total. The minimum Gasteiger partial charge on any atom is -0.361 e. The Balaban J connectivity index is 1.24. The Kier molecular flexibility index (Phi) is 5.63. The van der Waals surface area contributed by atoms with Gasteiger partial charge in [0.1, 0.15) is 0 Å². The number of piperazine rings is 1. The van der Waals surface area contributed by atoms with E-state index >= 15 is 0 Å². The van der Waals surface area contributed by atoms with E-state index < -0.39 is 0 Å². The van der Waals surface area contributed by atoms with Crippen molar-refractivity contribution in [2.24, 2.45) is 0 Å². The highest BCUT2D eigenvalue weighted by molar-refractivity contribution is 5.83. The molecule has 3 aromatic rings. The number of H-pyrrole nitrogens is 1. The van der Waals surface area contributed by atoms with Gasteiger partial charge >= 0.3 is 6.03 Å². The number of para-hydroxylation sites is 1. The van der Waals surface area contributed by atoms with Gasteiger partial charge in [0.25, 0.3) is 0 Å². The van der Waals surface area contributed by atoms with Gasteiger partial charge in [0, 0.05) is 55.9 Å². The van der Waals surface area contributed by atoms with Crippen molar-refractivity contribution in [3.8, 4) is 0 Å². The molecule has 4 rings (SSSR count). The Morgan fingerprint density at radius 1 is 1.04 bits per heavy atom. The summed E-state index contributed by atoms with van der Waals surface area (Å²) in [5.74, 6) is 0. The summed E-state index contributed by atoms with van der Waals surface area (Å²) >= 11 is 0. The molecule has 2 aromatic carbocycles. The van der Waals surface area contributed by atoms with E-state index in [1.54, 1.807) is 0 Å². The molecule has 1 aromatic heterocycles. The monoisotopic (exact) mass is 376 g/mol. The van der Waals surface area contributed by atoms with Crippen molar-refractivity contribution >= 4 is 16.9 Å². The van der Waals surface area contributed by atoms with Crippen molar-refractivity contribution in [1.29, 1.82) is 0 Å². The van der Waals surface area contributed by atoms with E-state index in [0.29, 0.717) is 12.6 Å². The molecule has 1 aliphatic rings. The van der Waals surface area contributed by atoms with Crippen LogP contribution in [0.3, 0.4) is 0 Å². The number of nitrogens with one attached hydrogen (secondary N) is 2. The van der Waals surface area contributed by atoms with E-state index in [2.05, 4.69) is 64.6 Å². The maximum Gasteiger partial charge on any atom is 0.317 e. The molecule has 5 heteroatoms. The van der Waals surface area contributed by atoms with Gasteiger partial charge in [-0.05, 0) is 30.5 Å². The first-order chi connectivity index (χ1) is 13.7. The number of aromatic amines is 1. The van der Waals surface area contributed by atoms with Crippen molar-refractivity contribution in [1.82, 2.24) is 20.1 Å². The largest absolute Gasteiger partial charge is 0.361 e. The van der Waals surface area contributed by atoms with Gasteiger partial charge in [-0.15, -0.1) is 0 Å². The first-order valence-corrected chi connectivity index (χ1v) is 10.1. The SMILES string of the molecule is CC(c1ccccc1)N1CCN(C(=O)NCCc2c[nH]c3ccccc23)CC1. The average molecular weight is 377 g/mol. The second-order valence-electron chi connectivity index (χ2n) is 7.45. The number of rotatable bonds is 5. The van der Waals surface area contributed by atoms with Crippen LogP contribution in [0.4, 0.5) is 4.79 Å². The lowest BCUT2D eigenvalue weighted by molar-refractivity contribution is 0.114. The lowest BCUT2D eigenvalue weighted by Crippen LogP contribution is -2.52. The third-order valence-electron chi connectivity index (χ3n) is 5.78. The van der Waals surface area contributed by atoms with Crippen LogP contribution in [0.1, 0.15) is 24.1 Å². The zero-order valence-electron chi connectivity index (χ0n) is 16.4. The van der Waals surface area contributed by atoms with E-state index in [9.17, 15) is 4.79 Å². The van der Waals surface area contributed by atoms with E-state index in [0.717, 1.165) is 38.1 Å². The number of fused-ring (bicyclic) bond motifs is 1. The third-order valence-corrected chi connectivity index (χ3v) is 5.78. The Bertz CT molecular complexity index is 913. The number of nitrogens with zero attached hydrogens (tertiary/aromatic N) is 2. The summed E-state index contributed by atoms with van der Waals surface area (Å²) in [7, 11) is 0. The minimum absolute atomic E-state index is 0.0480. The molecule has 2 heterocycles. The van der Waals surface area contributed by atoms with E-state index in [4.69, 9.17) is 0 Å². The first kappa shape index (κ1) is 18.6. The van der Waals surface area contributed by atoms with Gasteiger partial charge in [0.2, 0.25) is 0 Å². The highest BCUT2D eigenvalue weighted by Gasteiger charge is 2.24. The Hall–Kier alpha value is -2.79. The molecule has 0 bridgehead atoms. The number of amides is 2. The molecular weight excluding hydrogens is 348 g/mol. The predicted octanol–water partition coefficient (Wildman–Crippen LogP) is 3.80. The fourth-order valence-corrected chi connectivity index (χ4v) is 4.01. The second-order valence-corrected chi connectivity index (χ2v) is 7.45. The zero-order chi connectivity index (χ0) is 19.3.